The second-order valence-electron chi connectivity index (χ2n) is 9.11. The number of carbonyl (C=O) groups excluding carboxylic acids is 1. The third kappa shape index (κ3) is 4.48. The summed E-state index contributed by atoms with van der Waals surface area (Å²) in [7, 11) is 0. The molecule has 0 unspecified atom stereocenters. The van der Waals surface area contributed by atoms with Crippen LogP contribution in [0.5, 0.6) is 0 Å². The van der Waals surface area contributed by atoms with Crippen molar-refractivity contribution in [2.75, 3.05) is 5.32 Å². The lowest BCUT2D eigenvalue weighted by Gasteiger charge is -2.11. The molecule has 0 saturated carbocycles. The van der Waals surface area contributed by atoms with Crippen LogP contribution in [-0.4, -0.2) is 30.2 Å². The highest BCUT2D eigenvalue weighted by Gasteiger charge is 2.15. The van der Waals surface area contributed by atoms with Crippen LogP contribution in [0.1, 0.15) is 17.8 Å². The number of carbonyl (C=O) groups is 1. The smallest absolute Gasteiger partial charge is 0.264 e. The molecule has 188 valence electrons. The zero-order valence-electron chi connectivity index (χ0n) is 20.9. The minimum absolute atomic E-state index is 0.139. The van der Waals surface area contributed by atoms with E-state index >= 15 is 0 Å². The van der Waals surface area contributed by atoms with Crippen molar-refractivity contribution >= 4 is 44.2 Å². The van der Waals surface area contributed by atoms with Gasteiger partial charge in [0.1, 0.15) is 16.2 Å². The van der Waals surface area contributed by atoms with Gasteiger partial charge in [-0.05, 0) is 67.9 Å². The second kappa shape index (κ2) is 9.68. The Morgan fingerprint density at radius 3 is 2.55 bits per heavy atom. The molecule has 6 aromatic rings. The second-order valence-corrected chi connectivity index (χ2v) is 10.1. The zero-order valence-corrected chi connectivity index (χ0v) is 21.7. The van der Waals surface area contributed by atoms with Gasteiger partial charge in [-0.3, -0.25) is 14.2 Å². The van der Waals surface area contributed by atoms with Crippen molar-refractivity contribution in [2.45, 2.75) is 26.8 Å². The number of thiazole rings is 1. The number of amides is 1. The Morgan fingerprint density at radius 1 is 0.974 bits per heavy atom. The van der Waals surface area contributed by atoms with Gasteiger partial charge >= 0.3 is 0 Å². The first-order valence-corrected chi connectivity index (χ1v) is 13.1. The Bertz CT molecular complexity index is 1850. The van der Waals surface area contributed by atoms with Crippen LogP contribution < -0.4 is 10.9 Å². The topological polar surface area (TPSA) is 94.7 Å². The lowest BCUT2D eigenvalue weighted by atomic mass is 10.2. The highest BCUT2D eigenvalue weighted by Crippen LogP contribution is 2.31. The number of nitrogens with zero attached hydrogens (tertiary/aromatic N) is 5. The fourth-order valence-electron chi connectivity index (χ4n) is 4.42. The van der Waals surface area contributed by atoms with E-state index < -0.39 is 0 Å². The van der Waals surface area contributed by atoms with Gasteiger partial charge < -0.3 is 5.32 Å². The van der Waals surface area contributed by atoms with E-state index in [1.54, 1.807) is 22.9 Å². The predicted octanol–water partition coefficient (Wildman–Crippen LogP) is 5.50. The Balaban J connectivity index is 1.14. The standard InChI is InChI=1S/C29H24N6O2S/c1-18-8-13-24-25(16-18)38-28(33-24)20-9-11-21(12-10-20)32-26(36)14-15-34-19(2)31-27-23(29(34)37)17-30-35(27)22-6-4-3-5-7-22/h3-13,16-17H,14-15H2,1-2H3,(H,32,36). The maximum absolute atomic E-state index is 13.2. The van der Waals surface area contributed by atoms with Crippen LogP contribution in [0.4, 0.5) is 5.69 Å². The minimum atomic E-state index is -0.210. The summed E-state index contributed by atoms with van der Waals surface area (Å²) in [5, 5.41) is 8.64. The molecule has 0 aliphatic rings. The van der Waals surface area contributed by atoms with E-state index in [0.717, 1.165) is 26.5 Å². The van der Waals surface area contributed by atoms with Crippen molar-refractivity contribution in [1.82, 2.24) is 24.3 Å². The number of aromatic nitrogens is 5. The molecule has 0 aliphatic carbocycles. The Morgan fingerprint density at radius 2 is 1.76 bits per heavy atom. The molecule has 0 saturated heterocycles. The van der Waals surface area contributed by atoms with Gasteiger partial charge in [-0.1, -0.05) is 24.3 Å². The Kier molecular flexibility index (Phi) is 6.05. The quantitative estimate of drug-likeness (QED) is 0.313. The molecule has 8 nitrogen and oxygen atoms in total. The normalized spacial score (nSPS) is 11.3. The first-order valence-electron chi connectivity index (χ1n) is 12.2. The number of aryl methyl sites for hydroxylation is 2. The van der Waals surface area contributed by atoms with Crippen LogP contribution >= 0.6 is 11.3 Å². The van der Waals surface area contributed by atoms with Gasteiger partial charge in [0.15, 0.2) is 5.65 Å². The van der Waals surface area contributed by atoms with Crippen molar-refractivity contribution in [3.05, 3.63) is 101 Å². The van der Waals surface area contributed by atoms with Gasteiger partial charge in [0.05, 0.1) is 22.1 Å². The average molecular weight is 521 g/mol. The number of anilines is 1. The Labute approximate surface area is 222 Å². The number of benzene rings is 3. The molecule has 0 radical (unpaired) electrons. The molecule has 0 fully saturated rings. The molecular weight excluding hydrogens is 496 g/mol. The summed E-state index contributed by atoms with van der Waals surface area (Å²) in [6, 6.07) is 23.4. The molecule has 38 heavy (non-hydrogen) atoms. The van der Waals surface area contributed by atoms with E-state index in [1.165, 1.54) is 16.3 Å². The molecule has 3 aromatic carbocycles. The predicted molar refractivity (Wildman–Crippen MR) is 151 cm³/mol. The number of hydrogen-bond acceptors (Lipinski definition) is 6. The number of rotatable bonds is 6. The maximum Gasteiger partial charge on any atom is 0.264 e. The summed E-state index contributed by atoms with van der Waals surface area (Å²) in [6.07, 6.45) is 1.67. The summed E-state index contributed by atoms with van der Waals surface area (Å²) in [5.74, 6) is 0.350. The molecule has 0 aliphatic heterocycles. The van der Waals surface area contributed by atoms with Gasteiger partial charge in [-0.15, -0.1) is 11.3 Å². The van der Waals surface area contributed by atoms with E-state index in [-0.39, 0.29) is 24.4 Å². The average Bonchev–Trinajstić information content (AvgIpc) is 3.53. The molecule has 0 spiro atoms. The highest BCUT2D eigenvalue weighted by molar-refractivity contribution is 7.21. The van der Waals surface area contributed by atoms with Gasteiger partial charge in [0, 0.05) is 24.2 Å². The third-order valence-electron chi connectivity index (χ3n) is 6.40. The van der Waals surface area contributed by atoms with Crippen LogP contribution in [0.3, 0.4) is 0 Å². The first kappa shape index (κ1) is 23.7. The molecule has 3 aromatic heterocycles. The third-order valence-corrected chi connectivity index (χ3v) is 7.47. The Hall–Kier alpha value is -4.63. The fraction of sp³-hybridized carbons (Fsp3) is 0.138. The molecule has 1 N–H and O–H groups in total. The molecular formula is C29H24N6O2S. The van der Waals surface area contributed by atoms with Crippen LogP contribution in [-0.2, 0) is 11.3 Å². The lowest BCUT2D eigenvalue weighted by Crippen LogP contribution is -2.26. The zero-order chi connectivity index (χ0) is 26.2. The first-order chi connectivity index (χ1) is 18.5. The van der Waals surface area contributed by atoms with Crippen molar-refractivity contribution in [3.63, 3.8) is 0 Å². The molecule has 0 atom stereocenters. The molecule has 3 heterocycles. The van der Waals surface area contributed by atoms with Crippen LogP contribution in [0.2, 0.25) is 0 Å². The summed E-state index contributed by atoms with van der Waals surface area (Å²) in [6.45, 7) is 4.06. The molecule has 9 heteroatoms. The van der Waals surface area contributed by atoms with Crippen molar-refractivity contribution < 1.29 is 4.79 Å². The number of para-hydroxylation sites is 1. The van der Waals surface area contributed by atoms with Crippen molar-refractivity contribution in [1.29, 1.82) is 0 Å². The number of nitrogens with one attached hydrogen (secondary N) is 1. The van der Waals surface area contributed by atoms with Crippen LogP contribution in [0, 0.1) is 13.8 Å². The van der Waals surface area contributed by atoms with E-state index in [4.69, 9.17) is 4.98 Å². The van der Waals surface area contributed by atoms with Gasteiger partial charge in [0.2, 0.25) is 5.91 Å². The molecule has 6 rings (SSSR count). The van der Waals surface area contributed by atoms with E-state index in [2.05, 4.69) is 34.5 Å². The van der Waals surface area contributed by atoms with Crippen LogP contribution in [0.15, 0.2) is 83.8 Å². The van der Waals surface area contributed by atoms with Crippen LogP contribution in [0.25, 0.3) is 37.5 Å². The monoisotopic (exact) mass is 520 g/mol. The molecule has 1 amide bonds. The van der Waals surface area contributed by atoms with E-state index in [1.807, 2.05) is 60.7 Å². The largest absolute Gasteiger partial charge is 0.326 e. The summed E-state index contributed by atoms with van der Waals surface area (Å²) in [4.78, 5) is 35.2. The summed E-state index contributed by atoms with van der Waals surface area (Å²) >= 11 is 1.65. The van der Waals surface area contributed by atoms with E-state index in [9.17, 15) is 9.59 Å². The summed E-state index contributed by atoms with van der Waals surface area (Å²) < 4.78 is 4.33. The maximum atomic E-state index is 13.2. The fourth-order valence-corrected chi connectivity index (χ4v) is 5.49. The van der Waals surface area contributed by atoms with Crippen molar-refractivity contribution in [3.8, 4) is 16.3 Å². The van der Waals surface area contributed by atoms with Crippen molar-refractivity contribution in [2.24, 2.45) is 0 Å². The van der Waals surface area contributed by atoms with Gasteiger partial charge in [0.25, 0.3) is 5.56 Å². The van der Waals surface area contributed by atoms with E-state index in [0.29, 0.717) is 22.5 Å². The number of fused-ring (bicyclic) bond motifs is 2. The minimum Gasteiger partial charge on any atom is -0.326 e. The molecule has 0 bridgehead atoms. The van der Waals surface area contributed by atoms with Gasteiger partial charge in [-0.25, -0.2) is 14.6 Å². The number of hydrogen-bond donors (Lipinski definition) is 1. The lowest BCUT2D eigenvalue weighted by molar-refractivity contribution is -0.116. The van der Waals surface area contributed by atoms with Gasteiger partial charge in [-0.2, -0.15) is 5.10 Å². The SMILES string of the molecule is Cc1ccc2nc(-c3ccc(NC(=O)CCn4c(C)nc5c(cnn5-c5ccccc5)c4=O)cc3)sc2c1. The summed E-state index contributed by atoms with van der Waals surface area (Å²) in [5.41, 5.74) is 5.01. The highest BCUT2D eigenvalue weighted by atomic mass is 32.1.